The normalized spacial score (nSPS) is 16.1. The molecule has 27 heavy (non-hydrogen) atoms. The van der Waals surface area contributed by atoms with Gasteiger partial charge >= 0.3 is 0 Å². The third-order valence-electron chi connectivity index (χ3n) is 4.79. The van der Waals surface area contributed by atoms with Crippen LogP contribution in [0.25, 0.3) is 11.0 Å². The Morgan fingerprint density at radius 1 is 1.30 bits per heavy atom. The number of hydrogen-bond acceptors (Lipinski definition) is 3. The van der Waals surface area contributed by atoms with Crippen LogP contribution in [0.3, 0.4) is 0 Å². The van der Waals surface area contributed by atoms with E-state index in [1.807, 2.05) is 25.2 Å². The van der Waals surface area contributed by atoms with Gasteiger partial charge in [-0.3, -0.25) is 9.89 Å². The van der Waals surface area contributed by atoms with Gasteiger partial charge in [-0.05, 0) is 31.9 Å². The number of halogens is 1. The van der Waals surface area contributed by atoms with Crippen molar-refractivity contribution >= 4 is 40.9 Å². The predicted octanol–water partition coefficient (Wildman–Crippen LogP) is 3.80. The number of benzene rings is 1. The van der Waals surface area contributed by atoms with Crippen molar-refractivity contribution in [2.45, 2.75) is 32.2 Å². The van der Waals surface area contributed by atoms with Crippen molar-refractivity contribution in [2.75, 3.05) is 33.2 Å². The molecule has 0 atom stereocenters. The minimum absolute atomic E-state index is 0. The first-order valence-corrected chi connectivity index (χ1v) is 9.45. The third-order valence-corrected chi connectivity index (χ3v) is 4.79. The second kappa shape index (κ2) is 10.7. The zero-order valence-electron chi connectivity index (χ0n) is 16.3. The van der Waals surface area contributed by atoms with Crippen molar-refractivity contribution in [3.8, 4) is 0 Å². The summed E-state index contributed by atoms with van der Waals surface area (Å²) in [5.74, 6) is 1.88. The molecule has 6 heteroatoms. The van der Waals surface area contributed by atoms with Crippen LogP contribution in [0.1, 0.15) is 25.5 Å². The highest BCUT2D eigenvalue weighted by atomic mass is 127. The van der Waals surface area contributed by atoms with Gasteiger partial charge in [-0.25, -0.2) is 0 Å². The summed E-state index contributed by atoms with van der Waals surface area (Å²) < 4.78 is 5.86. The first kappa shape index (κ1) is 21.8. The summed E-state index contributed by atoms with van der Waals surface area (Å²) in [7, 11) is 1.83. The molecule has 2 aromatic rings. The van der Waals surface area contributed by atoms with Crippen LogP contribution in [0.4, 0.5) is 0 Å². The van der Waals surface area contributed by atoms with E-state index in [2.05, 4.69) is 46.2 Å². The molecular weight excluding hydrogens is 451 g/mol. The second-order valence-electron chi connectivity index (χ2n) is 7.15. The lowest BCUT2D eigenvalue weighted by atomic mass is 10.0. The minimum Gasteiger partial charge on any atom is -0.461 e. The molecule has 1 aliphatic rings. The van der Waals surface area contributed by atoms with Crippen molar-refractivity contribution in [2.24, 2.45) is 4.99 Å². The fourth-order valence-corrected chi connectivity index (χ4v) is 3.47. The molecule has 0 unspecified atom stereocenters. The molecule has 148 valence electrons. The van der Waals surface area contributed by atoms with Gasteiger partial charge in [-0.2, -0.15) is 0 Å². The van der Waals surface area contributed by atoms with E-state index in [9.17, 15) is 0 Å². The number of guanidine groups is 1. The molecule has 1 aromatic carbocycles. The predicted molar refractivity (Wildman–Crippen MR) is 124 cm³/mol. The van der Waals surface area contributed by atoms with E-state index in [-0.39, 0.29) is 24.0 Å². The number of hydrogen-bond donors (Lipinski definition) is 2. The maximum atomic E-state index is 5.86. The number of nitrogens with zero attached hydrogens (tertiary/aromatic N) is 2. The van der Waals surface area contributed by atoms with Crippen molar-refractivity contribution in [1.82, 2.24) is 15.5 Å². The number of aliphatic imine (C=N–C) groups is 1. The van der Waals surface area contributed by atoms with Gasteiger partial charge in [0.25, 0.3) is 0 Å². The van der Waals surface area contributed by atoms with Crippen molar-refractivity contribution in [3.63, 3.8) is 0 Å². The molecule has 0 amide bonds. The molecule has 2 heterocycles. The van der Waals surface area contributed by atoms with Crippen LogP contribution in [-0.2, 0) is 6.42 Å². The Hall–Kier alpha value is -1.54. The number of fused-ring (bicyclic) bond motifs is 1. The molecule has 2 N–H and O–H groups in total. The summed E-state index contributed by atoms with van der Waals surface area (Å²) in [6.45, 7) is 10.1. The maximum absolute atomic E-state index is 5.86. The minimum atomic E-state index is 0. The number of piperidine rings is 1. The van der Waals surface area contributed by atoms with Crippen LogP contribution in [-0.4, -0.2) is 50.1 Å². The lowest BCUT2D eigenvalue weighted by Crippen LogP contribution is -2.49. The number of nitrogens with one attached hydrogen (secondary N) is 2. The van der Waals surface area contributed by atoms with Gasteiger partial charge in [0, 0.05) is 51.1 Å². The van der Waals surface area contributed by atoms with Crippen LogP contribution in [0.2, 0.25) is 0 Å². The number of furan rings is 1. The van der Waals surface area contributed by atoms with E-state index in [1.165, 1.54) is 5.57 Å². The van der Waals surface area contributed by atoms with Gasteiger partial charge in [0.1, 0.15) is 11.3 Å². The summed E-state index contributed by atoms with van der Waals surface area (Å²) in [6.07, 6.45) is 3.11. The molecular formula is C21H31IN4O. The first-order valence-electron chi connectivity index (χ1n) is 9.45. The highest BCUT2D eigenvalue weighted by molar-refractivity contribution is 14.0. The van der Waals surface area contributed by atoms with Crippen molar-refractivity contribution in [1.29, 1.82) is 0 Å². The molecule has 1 fully saturated rings. The van der Waals surface area contributed by atoms with Gasteiger partial charge < -0.3 is 15.1 Å². The standard InChI is InChI=1S/C21H30N4O.HI/c1-16(2)15-25-12-9-18(10-13-25)24-21(22-3)23-11-8-19-14-17-6-4-5-7-20(17)26-19;/h4-7,14,18H,1,8-13,15H2,2-3H3,(H2,22,23,24);1H. The van der Waals surface area contributed by atoms with E-state index < -0.39 is 0 Å². The van der Waals surface area contributed by atoms with Crippen molar-refractivity contribution < 1.29 is 4.42 Å². The quantitative estimate of drug-likeness (QED) is 0.285. The van der Waals surface area contributed by atoms with Crippen LogP contribution in [0.5, 0.6) is 0 Å². The average molecular weight is 482 g/mol. The van der Waals surface area contributed by atoms with Crippen molar-refractivity contribution in [3.05, 3.63) is 48.2 Å². The monoisotopic (exact) mass is 482 g/mol. The Labute approximate surface area is 179 Å². The van der Waals surface area contributed by atoms with Crippen LogP contribution in [0, 0.1) is 0 Å². The fraction of sp³-hybridized carbons (Fsp3) is 0.476. The lowest BCUT2D eigenvalue weighted by Gasteiger charge is -2.33. The van der Waals surface area contributed by atoms with Gasteiger partial charge in [0.2, 0.25) is 0 Å². The molecule has 0 aliphatic carbocycles. The van der Waals surface area contributed by atoms with Gasteiger partial charge in [-0.1, -0.05) is 30.4 Å². The van der Waals surface area contributed by atoms with E-state index >= 15 is 0 Å². The van der Waals surface area contributed by atoms with E-state index in [0.717, 1.165) is 68.1 Å². The highest BCUT2D eigenvalue weighted by Crippen LogP contribution is 2.18. The molecule has 5 nitrogen and oxygen atoms in total. The molecule has 1 aromatic heterocycles. The Morgan fingerprint density at radius 3 is 2.70 bits per heavy atom. The molecule has 0 saturated carbocycles. The van der Waals surface area contributed by atoms with Gasteiger partial charge in [0.05, 0.1) is 0 Å². The summed E-state index contributed by atoms with van der Waals surface area (Å²) in [4.78, 5) is 6.83. The van der Waals surface area contributed by atoms with Gasteiger partial charge in [0.15, 0.2) is 5.96 Å². The zero-order valence-corrected chi connectivity index (χ0v) is 18.7. The van der Waals surface area contributed by atoms with Crippen LogP contribution in [0.15, 0.2) is 51.9 Å². The maximum Gasteiger partial charge on any atom is 0.191 e. The average Bonchev–Trinajstić information content (AvgIpc) is 3.04. The Balaban J connectivity index is 0.00000261. The second-order valence-corrected chi connectivity index (χ2v) is 7.15. The summed E-state index contributed by atoms with van der Waals surface area (Å²) in [5, 5.41) is 8.11. The molecule has 0 bridgehead atoms. The smallest absolute Gasteiger partial charge is 0.191 e. The Bertz CT molecular complexity index is 729. The summed E-state index contributed by atoms with van der Waals surface area (Å²) in [5.41, 5.74) is 2.19. The fourth-order valence-electron chi connectivity index (χ4n) is 3.47. The van der Waals surface area contributed by atoms with E-state index in [0.29, 0.717) is 6.04 Å². The highest BCUT2D eigenvalue weighted by Gasteiger charge is 2.19. The molecule has 1 aliphatic heterocycles. The van der Waals surface area contributed by atoms with E-state index in [1.54, 1.807) is 0 Å². The Morgan fingerprint density at radius 2 is 2.04 bits per heavy atom. The third kappa shape index (κ3) is 6.53. The summed E-state index contributed by atoms with van der Waals surface area (Å²) >= 11 is 0. The SMILES string of the molecule is C=C(C)CN1CCC(NC(=NC)NCCc2cc3ccccc3o2)CC1.I. The van der Waals surface area contributed by atoms with Crippen LogP contribution < -0.4 is 10.6 Å². The molecule has 0 spiro atoms. The topological polar surface area (TPSA) is 52.8 Å². The first-order chi connectivity index (χ1) is 12.6. The Kier molecular flexibility index (Phi) is 8.63. The molecule has 3 rings (SSSR count). The summed E-state index contributed by atoms with van der Waals surface area (Å²) in [6, 6.07) is 10.7. The van der Waals surface area contributed by atoms with Gasteiger partial charge in [-0.15, -0.1) is 24.0 Å². The number of para-hydroxylation sites is 1. The largest absolute Gasteiger partial charge is 0.461 e. The zero-order chi connectivity index (χ0) is 18.4. The van der Waals surface area contributed by atoms with Crippen LogP contribution >= 0.6 is 24.0 Å². The molecule has 1 saturated heterocycles. The number of rotatable bonds is 6. The molecule has 0 radical (unpaired) electrons. The van der Waals surface area contributed by atoms with E-state index in [4.69, 9.17) is 4.42 Å². The number of likely N-dealkylation sites (tertiary alicyclic amines) is 1. The lowest BCUT2D eigenvalue weighted by molar-refractivity contribution is 0.221.